The molecule has 0 atom stereocenters. The number of nitrogens with zero attached hydrogens (tertiary/aromatic N) is 4. The van der Waals surface area contributed by atoms with Gasteiger partial charge in [-0.25, -0.2) is 15.8 Å². The maximum absolute atomic E-state index is 8.73. The van der Waals surface area contributed by atoms with Crippen LogP contribution >= 0.6 is 0 Å². The fourth-order valence-electron chi connectivity index (χ4n) is 1.88. The van der Waals surface area contributed by atoms with Gasteiger partial charge < -0.3 is 10.3 Å². The number of anilines is 2. The monoisotopic (exact) mass is 248 g/mol. The molecule has 0 aliphatic carbocycles. The Labute approximate surface area is 108 Å². The van der Waals surface area contributed by atoms with Gasteiger partial charge in [0.1, 0.15) is 18.0 Å². The summed E-state index contributed by atoms with van der Waals surface area (Å²) in [4.78, 5) is 10.6. The van der Waals surface area contributed by atoms with Gasteiger partial charge in [0.15, 0.2) is 0 Å². The number of rotatable bonds is 6. The maximum atomic E-state index is 8.73. The SMILES string of the molecule is CCc1c(NN)ncnc1N(CCC#N)C(C)C. The van der Waals surface area contributed by atoms with Crippen molar-refractivity contribution in [3.8, 4) is 6.07 Å². The molecule has 0 aliphatic rings. The number of nitrogens with one attached hydrogen (secondary N) is 1. The number of aromatic nitrogens is 2. The molecule has 1 rings (SSSR count). The van der Waals surface area contributed by atoms with E-state index < -0.39 is 0 Å². The number of hydrogen-bond acceptors (Lipinski definition) is 6. The molecule has 0 saturated carbocycles. The molecule has 0 unspecified atom stereocenters. The van der Waals surface area contributed by atoms with Crippen LogP contribution in [0.4, 0.5) is 11.6 Å². The highest BCUT2D eigenvalue weighted by molar-refractivity contribution is 5.58. The predicted molar refractivity (Wildman–Crippen MR) is 71.9 cm³/mol. The van der Waals surface area contributed by atoms with Crippen molar-refractivity contribution in [3.05, 3.63) is 11.9 Å². The van der Waals surface area contributed by atoms with Gasteiger partial charge in [-0.2, -0.15) is 5.26 Å². The number of nitrogens with two attached hydrogens (primary N) is 1. The van der Waals surface area contributed by atoms with Crippen LogP contribution in [0.5, 0.6) is 0 Å². The van der Waals surface area contributed by atoms with Gasteiger partial charge in [-0.05, 0) is 20.3 Å². The van der Waals surface area contributed by atoms with Crippen LogP contribution in [0.15, 0.2) is 6.33 Å². The fraction of sp³-hybridized carbons (Fsp3) is 0.583. The van der Waals surface area contributed by atoms with Crippen LogP contribution in [-0.4, -0.2) is 22.6 Å². The van der Waals surface area contributed by atoms with Crippen molar-refractivity contribution >= 4 is 11.6 Å². The van der Waals surface area contributed by atoms with Crippen LogP contribution in [0.2, 0.25) is 0 Å². The third kappa shape index (κ3) is 3.08. The molecule has 0 bridgehead atoms. The van der Waals surface area contributed by atoms with Gasteiger partial charge in [-0.3, -0.25) is 0 Å². The molecule has 6 nitrogen and oxygen atoms in total. The summed E-state index contributed by atoms with van der Waals surface area (Å²) in [6.07, 6.45) is 2.74. The Morgan fingerprint density at radius 1 is 1.50 bits per heavy atom. The van der Waals surface area contributed by atoms with E-state index in [2.05, 4.69) is 40.2 Å². The summed E-state index contributed by atoms with van der Waals surface area (Å²) in [6, 6.07) is 2.43. The first-order valence-electron chi connectivity index (χ1n) is 6.09. The van der Waals surface area contributed by atoms with Crippen LogP contribution in [0.25, 0.3) is 0 Å². The highest BCUT2D eigenvalue weighted by atomic mass is 15.3. The molecule has 18 heavy (non-hydrogen) atoms. The predicted octanol–water partition coefficient (Wildman–Crippen LogP) is 1.45. The second kappa shape index (κ2) is 6.77. The summed E-state index contributed by atoms with van der Waals surface area (Å²) in [7, 11) is 0. The first kappa shape index (κ1) is 14.2. The Morgan fingerprint density at radius 2 is 2.22 bits per heavy atom. The van der Waals surface area contributed by atoms with Gasteiger partial charge in [0.25, 0.3) is 0 Å². The summed E-state index contributed by atoms with van der Waals surface area (Å²) >= 11 is 0. The van der Waals surface area contributed by atoms with Gasteiger partial charge in [0.05, 0.1) is 12.5 Å². The minimum atomic E-state index is 0.268. The van der Waals surface area contributed by atoms with E-state index in [1.807, 2.05) is 6.92 Å². The van der Waals surface area contributed by atoms with Crippen molar-refractivity contribution in [2.45, 2.75) is 39.7 Å². The van der Waals surface area contributed by atoms with Crippen LogP contribution in [-0.2, 0) is 6.42 Å². The molecule has 1 aromatic heterocycles. The van der Waals surface area contributed by atoms with Crippen molar-refractivity contribution in [2.75, 3.05) is 16.9 Å². The van der Waals surface area contributed by atoms with E-state index in [-0.39, 0.29) is 6.04 Å². The molecule has 1 heterocycles. The average molecular weight is 248 g/mol. The molecule has 1 aromatic rings. The third-order valence-corrected chi connectivity index (χ3v) is 2.77. The molecule has 0 aromatic carbocycles. The zero-order chi connectivity index (χ0) is 13.5. The van der Waals surface area contributed by atoms with Crippen molar-refractivity contribution in [2.24, 2.45) is 5.84 Å². The third-order valence-electron chi connectivity index (χ3n) is 2.77. The van der Waals surface area contributed by atoms with Gasteiger partial charge in [-0.15, -0.1) is 0 Å². The van der Waals surface area contributed by atoms with Crippen molar-refractivity contribution in [1.82, 2.24) is 9.97 Å². The first-order chi connectivity index (χ1) is 8.65. The fourth-order valence-corrected chi connectivity index (χ4v) is 1.88. The summed E-state index contributed by atoms with van der Waals surface area (Å²) in [5.74, 6) is 6.96. The number of nitrogen functional groups attached to an aromatic ring is 1. The topological polar surface area (TPSA) is 90.9 Å². The van der Waals surface area contributed by atoms with E-state index in [9.17, 15) is 0 Å². The van der Waals surface area contributed by atoms with Gasteiger partial charge in [0, 0.05) is 18.2 Å². The highest BCUT2D eigenvalue weighted by Gasteiger charge is 2.17. The van der Waals surface area contributed by atoms with Crippen LogP contribution in [0.3, 0.4) is 0 Å². The highest BCUT2D eigenvalue weighted by Crippen LogP contribution is 2.25. The molecule has 0 fully saturated rings. The Balaban J connectivity index is 3.15. The van der Waals surface area contributed by atoms with E-state index >= 15 is 0 Å². The molecule has 6 heteroatoms. The molecule has 0 spiro atoms. The minimum Gasteiger partial charge on any atom is -0.353 e. The molecule has 0 saturated heterocycles. The van der Waals surface area contributed by atoms with Gasteiger partial charge >= 0.3 is 0 Å². The maximum Gasteiger partial charge on any atom is 0.148 e. The Morgan fingerprint density at radius 3 is 2.72 bits per heavy atom. The Kier molecular flexibility index (Phi) is 5.33. The summed E-state index contributed by atoms with van der Waals surface area (Å²) in [5, 5.41) is 8.73. The van der Waals surface area contributed by atoms with E-state index in [4.69, 9.17) is 11.1 Å². The summed E-state index contributed by atoms with van der Waals surface area (Å²) in [5.41, 5.74) is 3.57. The molecule has 0 amide bonds. The zero-order valence-electron chi connectivity index (χ0n) is 11.1. The van der Waals surface area contributed by atoms with E-state index in [0.29, 0.717) is 18.8 Å². The van der Waals surface area contributed by atoms with E-state index in [1.165, 1.54) is 6.33 Å². The lowest BCUT2D eigenvalue weighted by molar-refractivity contribution is 0.671. The van der Waals surface area contributed by atoms with Gasteiger partial charge in [-0.1, -0.05) is 6.92 Å². The zero-order valence-corrected chi connectivity index (χ0v) is 11.1. The molecule has 98 valence electrons. The summed E-state index contributed by atoms with van der Waals surface area (Å²) in [6.45, 7) is 6.84. The first-order valence-corrected chi connectivity index (χ1v) is 6.09. The minimum absolute atomic E-state index is 0.268. The molecular formula is C12H20N6. The molecule has 3 N–H and O–H groups in total. The molecular weight excluding hydrogens is 228 g/mol. The Bertz CT molecular complexity index is 423. The molecule has 0 radical (unpaired) electrons. The second-order valence-corrected chi connectivity index (χ2v) is 4.22. The van der Waals surface area contributed by atoms with Crippen molar-refractivity contribution in [1.29, 1.82) is 5.26 Å². The normalized spacial score (nSPS) is 10.2. The number of hydrogen-bond donors (Lipinski definition) is 2. The Hall–Kier alpha value is -1.87. The average Bonchev–Trinajstić information content (AvgIpc) is 2.38. The standard InChI is InChI=1S/C12H20N6/c1-4-10-11(17-14)15-8-16-12(10)18(9(2)3)7-5-6-13/h8-9H,4-5,7,14H2,1-3H3,(H,15,16,17). The van der Waals surface area contributed by atoms with Crippen LogP contribution in [0.1, 0.15) is 32.8 Å². The number of nitriles is 1. The lowest BCUT2D eigenvalue weighted by Crippen LogP contribution is -2.33. The smallest absolute Gasteiger partial charge is 0.148 e. The lowest BCUT2D eigenvalue weighted by atomic mass is 10.1. The van der Waals surface area contributed by atoms with Crippen molar-refractivity contribution in [3.63, 3.8) is 0 Å². The number of hydrazine groups is 1. The van der Waals surface area contributed by atoms with Crippen LogP contribution in [0, 0.1) is 11.3 Å². The molecule has 0 aliphatic heterocycles. The van der Waals surface area contributed by atoms with E-state index in [1.54, 1.807) is 0 Å². The lowest BCUT2D eigenvalue weighted by Gasteiger charge is -2.29. The quantitative estimate of drug-likeness (QED) is 0.585. The second-order valence-electron chi connectivity index (χ2n) is 4.22. The van der Waals surface area contributed by atoms with Crippen LogP contribution < -0.4 is 16.2 Å². The largest absolute Gasteiger partial charge is 0.353 e. The van der Waals surface area contributed by atoms with Crippen molar-refractivity contribution < 1.29 is 0 Å². The van der Waals surface area contributed by atoms with E-state index in [0.717, 1.165) is 17.8 Å². The van der Waals surface area contributed by atoms with Gasteiger partial charge in [0.2, 0.25) is 0 Å². The summed E-state index contributed by atoms with van der Waals surface area (Å²) < 4.78 is 0.